The molecule has 1 aromatic heterocycles. The van der Waals surface area contributed by atoms with E-state index < -0.39 is 0 Å². The van der Waals surface area contributed by atoms with Crippen LogP contribution in [0.15, 0.2) is 72.2 Å². The molecular weight excluding hydrogens is 485 g/mol. The molecule has 0 aliphatic carbocycles. The molecule has 0 amide bonds. The van der Waals surface area contributed by atoms with Crippen molar-refractivity contribution in [1.82, 2.24) is 20.2 Å². The topological polar surface area (TPSA) is 54.2 Å². The monoisotopic (exact) mass is 517 g/mol. The summed E-state index contributed by atoms with van der Waals surface area (Å²) in [5.74, 6) is 0.838. The summed E-state index contributed by atoms with van der Waals surface area (Å²) in [6.45, 7) is 10.8. The van der Waals surface area contributed by atoms with E-state index in [0.717, 1.165) is 19.0 Å². The van der Waals surface area contributed by atoms with E-state index in [1.54, 1.807) is 6.20 Å². The van der Waals surface area contributed by atoms with Crippen molar-refractivity contribution >= 4 is 29.9 Å². The quantitative estimate of drug-likeness (QED) is 0.273. The van der Waals surface area contributed by atoms with Crippen molar-refractivity contribution in [3.63, 3.8) is 0 Å². The van der Waals surface area contributed by atoms with Crippen LogP contribution in [0, 0.1) is 0 Å². The molecule has 0 atom stereocenters. The third kappa shape index (κ3) is 7.16. The van der Waals surface area contributed by atoms with Crippen LogP contribution in [0.25, 0.3) is 11.1 Å². The number of hydrogen-bond donors (Lipinski definition) is 2. The maximum absolute atomic E-state index is 4.81. The summed E-state index contributed by atoms with van der Waals surface area (Å²) in [6, 6.07) is 17.2. The highest BCUT2D eigenvalue weighted by Crippen LogP contribution is 2.25. The normalized spacial score (nSPS) is 11.7. The number of benzene rings is 2. The van der Waals surface area contributed by atoms with Gasteiger partial charge in [-0.3, -0.25) is 0 Å². The molecule has 1 heterocycles. The van der Waals surface area contributed by atoms with Crippen LogP contribution < -0.4 is 10.6 Å². The fraction of sp³-hybridized carbons (Fsp3) is 0.333. The number of rotatable bonds is 6. The second kappa shape index (κ2) is 11.2. The molecule has 160 valence electrons. The zero-order valence-electron chi connectivity index (χ0n) is 18.2. The lowest BCUT2D eigenvalue weighted by Gasteiger charge is -2.23. The number of halogens is 1. The third-order valence-electron chi connectivity index (χ3n) is 4.45. The Morgan fingerprint density at radius 2 is 1.80 bits per heavy atom. The molecule has 0 radical (unpaired) electrons. The summed E-state index contributed by atoms with van der Waals surface area (Å²) >= 11 is 0. The minimum Gasteiger partial charge on any atom is -0.357 e. The van der Waals surface area contributed by atoms with Gasteiger partial charge in [0.2, 0.25) is 0 Å². The molecule has 0 saturated heterocycles. The SMILES string of the molecule is CCNC(=NCc1ccccc1-c1ccc(Cn2ccnc2)cc1)NC(C)(C)C.I. The predicted molar refractivity (Wildman–Crippen MR) is 136 cm³/mol. The Morgan fingerprint density at radius 1 is 1.07 bits per heavy atom. The lowest BCUT2D eigenvalue weighted by atomic mass is 9.98. The molecule has 0 spiro atoms. The van der Waals surface area contributed by atoms with Crippen molar-refractivity contribution in [2.45, 2.75) is 46.3 Å². The minimum atomic E-state index is -0.0361. The Balaban J connectivity index is 0.00000320. The Morgan fingerprint density at radius 3 is 2.43 bits per heavy atom. The number of aliphatic imine (C=N–C) groups is 1. The number of aromatic nitrogens is 2. The third-order valence-corrected chi connectivity index (χ3v) is 4.45. The van der Waals surface area contributed by atoms with Crippen molar-refractivity contribution in [2.24, 2.45) is 4.99 Å². The van der Waals surface area contributed by atoms with Gasteiger partial charge in [0.15, 0.2) is 5.96 Å². The summed E-state index contributed by atoms with van der Waals surface area (Å²) in [5, 5.41) is 6.78. The predicted octanol–water partition coefficient (Wildman–Crippen LogP) is 5.07. The first-order chi connectivity index (χ1) is 13.9. The number of nitrogens with zero attached hydrogens (tertiary/aromatic N) is 3. The fourth-order valence-electron chi connectivity index (χ4n) is 3.15. The van der Waals surface area contributed by atoms with Gasteiger partial charge in [0.1, 0.15) is 0 Å². The van der Waals surface area contributed by atoms with Crippen LogP contribution in [0.4, 0.5) is 0 Å². The second-order valence-corrected chi connectivity index (χ2v) is 8.16. The summed E-state index contributed by atoms with van der Waals surface area (Å²) in [7, 11) is 0. The van der Waals surface area contributed by atoms with Gasteiger partial charge in [-0.15, -0.1) is 24.0 Å². The Hall–Kier alpha value is -2.35. The van der Waals surface area contributed by atoms with Gasteiger partial charge in [0.25, 0.3) is 0 Å². The molecule has 5 nitrogen and oxygen atoms in total. The minimum absolute atomic E-state index is 0. The molecular formula is C24H32IN5. The molecule has 0 fully saturated rings. The van der Waals surface area contributed by atoms with Gasteiger partial charge in [-0.25, -0.2) is 9.98 Å². The van der Waals surface area contributed by atoms with Gasteiger partial charge >= 0.3 is 0 Å². The first-order valence-corrected chi connectivity index (χ1v) is 10.1. The van der Waals surface area contributed by atoms with Crippen molar-refractivity contribution < 1.29 is 0 Å². The molecule has 0 aliphatic rings. The summed E-state index contributed by atoms with van der Waals surface area (Å²) in [6.07, 6.45) is 5.63. The van der Waals surface area contributed by atoms with E-state index >= 15 is 0 Å². The van der Waals surface area contributed by atoms with Gasteiger partial charge in [-0.1, -0.05) is 48.5 Å². The Bertz CT molecular complexity index is 925. The van der Waals surface area contributed by atoms with Crippen LogP contribution in [0.5, 0.6) is 0 Å². The summed E-state index contributed by atoms with van der Waals surface area (Å²) < 4.78 is 2.07. The van der Waals surface area contributed by atoms with Crippen LogP contribution in [0.2, 0.25) is 0 Å². The molecule has 2 aromatic carbocycles. The zero-order chi connectivity index (χ0) is 20.7. The molecule has 0 saturated carbocycles. The molecule has 3 aromatic rings. The second-order valence-electron chi connectivity index (χ2n) is 8.16. The summed E-state index contributed by atoms with van der Waals surface area (Å²) in [5.41, 5.74) is 4.86. The Labute approximate surface area is 197 Å². The van der Waals surface area contributed by atoms with Gasteiger partial charge in [-0.05, 0) is 49.9 Å². The highest BCUT2D eigenvalue weighted by molar-refractivity contribution is 14.0. The highest BCUT2D eigenvalue weighted by Gasteiger charge is 2.12. The molecule has 0 bridgehead atoms. The highest BCUT2D eigenvalue weighted by atomic mass is 127. The molecule has 3 rings (SSSR count). The van der Waals surface area contributed by atoms with Crippen molar-refractivity contribution in [2.75, 3.05) is 6.54 Å². The maximum atomic E-state index is 4.81. The first-order valence-electron chi connectivity index (χ1n) is 10.1. The van der Waals surface area contributed by atoms with Crippen molar-refractivity contribution in [3.8, 4) is 11.1 Å². The van der Waals surface area contributed by atoms with Gasteiger partial charge in [0.05, 0.1) is 12.9 Å². The Kier molecular flexibility index (Phi) is 8.89. The zero-order valence-corrected chi connectivity index (χ0v) is 20.6. The first kappa shape index (κ1) is 23.9. The molecule has 0 unspecified atom stereocenters. The fourth-order valence-corrected chi connectivity index (χ4v) is 3.15. The van der Waals surface area contributed by atoms with Gasteiger partial charge < -0.3 is 15.2 Å². The average molecular weight is 517 g/mol. The summed E-state index contributed by atoms with van der Waals surface area (Å²) in [4.78, 5) is 8.91. The van der Waals surface area contributed by atoms with Crippen molar-refractivity contribution in [3.05, 3.63) is 78.4 Å². The van der Waals surface area contributed by atoms with Crippen molar-refractivity contribution in [1.29, 1.82) is 0 Å². The van der Waals surface area contributed by atoms with Crippen LogP contribution in [-0.2, 0) is 13.1 Å². The lowest BCUT2D eigenvalue weighted by molar-refractivity contribution is 0.501. The average Bonchev–Trinajstić information content (AvgIpc) is 3.19. The van der Waals surface area contributed by atoms with E-state index in [2.05, 4.69) is 96.4 Å². The van der Waals surface area contributed by atoms with Crippen LogP contribution >= 0.6 is 24.0 Å². The smallest absolute Gasteiger partial charge is 0.191 e. The van der Waals surface area contributed by atoms with Crippen LogP contribution in [0.1, 0.15) is 38.8 Å². The van der Waals surface area contributed by atoms with Gasteiger partial charge in [-0.2, -0.15) is 0 Å². The van der Waals surface area contributed by atoms with Crippen LogP contribution in [0.3, 0.4) is 0 Å². The van der Waals surface area contributed by atoms with E-state index in [-0.39, 0.29) is 29.5 Å². The number of guanidine groups is 1. The molecule has 6 heteroatoms. The maximum Gasteiger partial charge on any atom is 0.191 e. The standard InChI is InChI=1S/C24H31N5.HI/c1-5-26-23(28-24(2,3)4)27-16-21-8-6-7-9-22(21)20-12-10-19(11-13-20)17-29-15-14-25-18-29;/h6-15,18H,5,16-17H2,1-4H3,(H2,26,27,28);1H. The molecule has 2 N–H and O–H groups in total. The van der Waals surface area contributed by atoms with Crippen LogP contribution in [-0.4, -0.2) is 27.6 Å². The van der Waals surface area contributed by atoms with E-state index in [1.807, 2.05) is 12.5 Å². The lowest BCUT2D eigenvalue weighted by Crippen LogP contribution is -2.47. The van der Waals surface area contributed by atoms with E-state index in [1.165, 1.54) is 22.3 Å². The van der Waals surface area contributed by atoms with E-state index in [0.29, 0.717) is 6.54 Å². The van der Waals surface area contributed by atoms with Gasteiger partial charge in [0, 0.05) is 31.0 Å². The van der Waals surface area contributed by atoms with E-state index in [9.17, 15) is 0 Å². The number of imidazole rings is 1. The molecule has 0 aliphatic heterocycles. The van der Waals surface area contributed by atoms with E-state index in [4.69, 9.17) is 4.99 Å². The largest absolute Gasteiger partial charge is 0.357 e. The molecule has 30 heavy (non-hydrogen) atoms. The number of nitrogens with one attached hydrogen (secondary N) is 2. The number of hydrogen-bond acceptors (Lipinski definition) is 2.